The SMILES string of the molecule is CCC(C)c1nc(N2CCSCC2S(C)(=O)=O)sc1C=O. The van der Waals surface area contributed by atoms with Gasteiger partial charge in [-0.1, -0.05) is 25.2 Å². The number of carbonyl (C=O) groups excluding carboxylic acids is 1. The minimum absolute atomic E-state index is 0.200. The number of nitrogens with zero attached hydrogens (tertiary/aromatic N) is 2. The van der Waals surface area contributed by atoms with E-state index in [1.54, 1.807) is 11.8 Å². The summed E-state index contributed by atoms with van der Waals surface area (Å²) in [4.78, 5) is 18.3. The number of sulfone groups is 1. The van der Waals surface area contributed by atoms with Crippen LogP contribution in [0.4, 0.5) is 5.13 Å². The molecule has 1 aromatic heterocycles. The molecule has 0 amide bonds. The lowest BCUT2D eigenvalue weighted by molar-refractivity contribution is 0.112. The van der Waals surface area contributed by atoms with Crippen molar-refractivity contribution < 1.29 is 13.2 Å². The van der Waals surface area contributed by atoms with Gasteiger partial charge >= 0.3 is 0 Å². The van der Waals surface area contributed by atoms with E-state index in [1.807, 2.05) is 11.8 Å². The molecule has 0 aliphatic carbocycles. The molecule has 1 aliphatic heterocycles. The van der Waals surface area contributed by atoms with Crippen molar-refractivity contribution in [1.29, 1.82) is 0 Å². The van der Waals surface area contributed by atoms with Crippen LogP contribution in [0.25, 0.3) is 0 Å². The number of rotatable bonds is 5. The highest BCUT2D eigenvalue weighted by Crippen LogP contribution is 2.34. The van der Waals surface area contributed by atoms with Crippen LogP contribution in [0.2, 0.25) is 0 Å². The number of carbonyl (C=O) groups is 1. The van der Waals surface area contributed by atoms with E-state index in [4.69, 9.17) is 0 Å². The molecule has 1 aliphatic rings. The topological polar surface area (TPSA) is 67.3 Å². The summed E-state index contributed by atoms with van der Waals surface area (Å²) >= 11 is 2.94. The highest BCUT2D eigenvalue weighted by Gasteiger charge is 2.33. The highest BCUT2D eigenvalue weighted by molar-refractivity contribution is 8.01. The van der Waals surface area contributed by atoms with Crippen molar-refractivity contribution in [2.24, 2.45) is 0 Å². The monoisotopic (exact) mass is 348 g/mol. The van der Waals surface area contributed by atoms with Crippen LogP contribution in [-0.4, -0.2) is 49.4 Å². The van der Waals surface area contributed by atoms with Gasteiger partial charge in [-0.3, -0.25) is 4.79 Å². The summed E-state index contributed by atoms with van der Waals surface area (Å²) in [5.41, 5.74) is 0.790. The normalized spacial score (nSPS) is 21.3. The standard InChI is InChI=1S/C13H20N2O3S3/c1-4-9(2)12-10(7-16)20-13(14-12)15-5-6-19-8-11(15)21(3,17)18/h7,9,11H,4-6,8H2,1-3H3. The molecule has 1 fully saturated rings. The van der Waals surface area contributed by atoms with Gasteiger partial charge < -0.3 is 4.90 Å². The van der Waals surface area contributed by atoms with E-state index in [0.29, 0.717) is 22.3 Å². The van der Waals surface area contributed by atoms with E-state index in [-0.39, 0.29) is 5.92 Å². The molecule has 0 bridgehead atoms. The van der Waals surface area contributed by atoms with Gasteiger partial charge in [0.2, 0.25) is 0 Å². The smallest absolute Gasteiger partial charge is 0.187 e. The second-order valence-electron chi connectivity index (χ2n) is 5.23. The van der Waals surface area contributed by atoms with Crippen LogP contribution >= 0.6 is 23.1 Å². The Morgan fingerprint density at radius 1 is 1.52 bits per heavy atom. The predicted molar refractivity (Wildman–Crippen MR) is 89.5 cm³/mol. The number of hydrogen-bond acceptors (Lipinski definition) is 7. The summed E-state index contributed by atoms with van der Waals surface area (Å²) in [5, 5.41) is 0.106. The van der Waals surface area contributed by atoms with E-state index in [0.717, 1.165) is 24.2 Å². The number of aromatic nitrogens is 1. The first kappa shape index (κ1) is 16.8. The molecule has 1 saturated heterocycles. The maximum absolute atomic E-state index is 12.0. The van der Waals surface area contributed by atoms with Gasteiger partial charge in [0.05, 0.1) is 10.6 Å². The highest BCUT2D eigenvalue weighted by atomic mass is 32.2. The Kier molecular flexibility index (Phi) is 5.32. The Morgan fingerprint density at radius 2 is 2.24 bits per heavy atom. The molecule has 8 heteroatoms. The van der Waals surface area contributed by atoms with Gasteiger partial charge in [0, 0.05) is 24.3 Å². The number of thiazole rings is 1. The minimum atomic E-state index is -3.18. The number of hydrogen-bond donors (Lipinski definition) is 0. The van der Waals surface area contributed by atoms with Crippen LogP contribution in [0.15, 0.2) is 0 Å². The third-order valence-corrected chi connectivity index (χ3v) is 7.36. The van der Waals surface area contributed by atoms with Crippen molar-refractivity contribution in [2.75, 3.05) is 29.2 Å². The second-order valence-corrected chi connectivity index (χ2v) is 9.59. The van der Waals surface area contributed by atoms with Crippen molar-refractivity contribution in [3.8, 4) is 0 Å². The number of aldehydes is 1. The molecule has 2 atom stereocenters. The van der Waals surface area contributed by atoms with Crippen molar-refractivity contribution >= 4 is 44.4 Å². The minimum Gasteiger partial charge on any atom is -0.329 e. The Balaban J connectivity index is 2.40. The van der Waals surface area contributed by atoms with E-state index >= 15 is 0 Å². The van der Waals surface area contributed by atoms with Crippen molar-refractivity contribution in [3.63, 3.8) is 0 Å². The van der Waals surface area contributed by atoms with E-state index < -0.39 is 15.2 Å². The zero-order valence-corrected chi connectivity index (χ0v) is 14.9. The molecule has 0 N–H and O–H groups in total. The van der Waals surface area contributed by atoms with Gasteiger partial charge in [0.15, 0.2) is 21.3 Å². The lowest BCUT2D eigenvalue weighted by atomic mass is 10.0. The summed E-state index contributed by atoms with van der Waals surface area (Å²) in [6.07, 6.45) is 2.99. The average molecular weight is 349 g/mol. The van der Waals surface area contributed by atoms with E-state index in [2.05, 4.69) is 11.9 Å². The maximum Gasteiger partial charge on any atom is 0.187 e. The fourth-order valence-electron chi connectivity index (χ4n) is 2.24. The number of thioether (sulfide) groups is 1. The number of anilines is 1. The molecular formula is C13H20N2O3S3. The van der Waals surface area contributed by atoms with Gasteiger partial charge in [-0.2, -0.15) is 11.8 Å². The summed E-state index contributed by atoms with van der Waals surface area (Å²) in [6, 6.07) is 0. The lowest BCUT2D eigenvalue weighted by Crippen LogP contribution is -2.47. The van der Waals surface area contributed by atoms with Crippen LogP contribution < -0.4 is 4.90 Å². The molecule has 2 unspecified atom stereocenters. The Bertz CT molecular complexity index is 612. The largest absolute Gasteiger partial charge is 0.329 e. The van der Waals surface area contributed by atoms with Crippen LogP contribution in [0, 0.1) is 0 Å². The summed E-state index contributed by atoms with van der Waals surface area (Å²) in [7, 11) is -3.18. The van der Waals surface area contributed by atoms with Crippen LogP contribution in [0.1, 0.15) is 41.6 Å². The Morgan fingerprint density at radius 3 is 2.81 bits per heavy atom. The molecule has 1 aromatic rings. The molecule has 0 aromatic carbocycles. The third-order valence-electron chi connectivity index (χ3n) is 3.68. The summed E-state index contributed by atoms with van der Waals surface area (Å²) in [5.74, 6) is 1.62. The fourth-order valence-corrected chi connectivity index (χ4v) is 6.20. The van der Waals surface area contributed by atoms with Crippen molar-refractivity contribution in [3.05, 3.63) is 10.6 Å². The molecule has 5 nitrogen and oxygen atoms in total. The first-order chi connectivity index (χ1) is 9.88. The van der Waals surface area contributed by atoms with Crippen molar-refractivity contribution in [2.45, 2.75) is 31.6 Å². The van der Waals surface area contributed by atoms with E-state index in [1.165, 1.54) is 17.6 Å². The Hall–Kier alpha value is -0.600. The third kappa shape index (κ3) is 3.60. The first-order valence-electron chi connectivity index (χ1n) is 6.87. The van der Waals surface area contributed by atoms with E-state index in [9.17, 15) is 13.2 Å². The maximum atomic E-state index is 12.0. The Labute approximate surface area is 134 Å². The fraction of sp³-hybridized carbons (Fsp3) is 0.692. The van der Waals surface area contributed by atoms with Crippen LogP contribution in [0.5, 0.6) is 0 Å². The lowest BCUT2D eigenvalue weighted by Gasteiger charge is -2.33. The molecule has 2 heterocycles. The van der Waals surface area contributed by atoms with Crippen molar-refractivity contribution in [1.82, 2.24) is 4.98 Å². The predicted octanol–water partition coefficient (Wildman–Crippen LogP) is 2.39. The molecule has 21 heavy (non-hydrogen) atoms. The molecule has 0 saturated carbocycles. The average Bonchev–Trinajstić information content (AvgIpc) is 2.89. The van der Waals surface area contributed by atoms with Gasteiger partial charge in [-0.05, 0) is 12.3 Å². The zero-order valence-electron chi connectivity index (χ0n) is 12.4. The molecule has 118 valence electrons. The molecule has 0 radical (unpaired) electrons. The summed E-state index contributed by atoms with van der Waals surface area (Å²) in [6.45, 7) is 4.73. The molecule has 2 rings (SSSR count). The van der Waals surface area contributed by atoms with Gasteiger partial charge in [-0.25, -0.2) is 13.4 Å². The van der Waals surface area contributed by atoms with Crippen LogP contribution in [-0.2, 0) is 9.84 Å². The van der Waals surface area contributed by atoms with Gasteiger partial charge in [0.25, 0.3) is 0 Å². The zero-order chi connectivity index (χ0) is 15.6. The molecule has 0 spiro atoms. The van der Waals surface area contributed by atoms with Gasteiger partial charge in [0.1, 0.15) is 5.37 Å². The second kappa shape index (κ2) is 6.66. The van der Waals surface area contributed by atoms with Crippen LogP contribution in [0.3, 0.4) is 0 Å². The molecular weight excluding hydrogens is 328 g/mol. The summed E-state index contributed by atoms with van der Waals surface area (Å²) < 4.78 is 23.9. The quantitative estimate of drug-likeness (QED) is 0.761. The first-order valence-corrected chi connectivity index (χ1v) is 10.8. The van der Waals surface area contributed by atoms with Gasteiger partial charge in [-0.15, -0.1) is 0 Å².